The van der Waals surface area contributed by atoms with E-state index >= 15 is 0 Å². The number of nitro benzene ring substituents is 1. The Morgan fingerprint density at radius 1 is 1.32 bits per heavy atom. The van der Waals surface area contributed by atoms with Crippen molar-refractivity contribution in [3.05, 3.63) is 28.3 Å². The quantitative estimate of drug-likeness (QED) is 0.499. The molecule has 0 amide bonds. The van der Waals surface area contributed by atoms with Crippen LogP contribution >= 0.6 is 0 Å². The molecule has 1 atom stereocenters. The molecule has 0 aromatic heterocycles. The molecule has 1 fully saturated rings. The van der Waals surface area contributed by atoms with Crippen LogP contribution in [0.1, 0.15) is 39.5 Å². The largest absolute Gasteiger partial charge is 0.392 e. The van der Waals surface area contributed by atoms with E-state index < -0.39 is 21.1 Å². The molecule has 3 N–H and O–H groups in total. The lowest BCUT2D eigenvalue weighted by molar-refractivity contribution is -0.384. The molecule has 1 aliphatic carbocycles. The first kappa shape index (κ1) is 19.6. The average molecular weight is 371 g/mol. The summed E-state index contributed by atoms with van der Waals surface area (Å²) in [7, 11) is -3.81. The maximum Gasteiger partial charge on any atom is 0.293 e. The molecule has 9 heteroatoms. The van der Waals surface area contributed by atoms with Crippen molar-refractivity contribution in [2.45, 2.75) is 56.6 Å². The van der Waals surface area contributed by atoms with Gasteiger partial charge < -0.3 is 10.4 Å². The van der Waals surface area contributed by atoms with Crippen molar-refractivity contribution in [1.82, 2.24) is 4.72 Å². The summed E-state index contributed by atoms with van der Waals surface area (Å²) in [4.78, 5) is 10.5. The molecule has 0 saturated heterocycles. The highest BCUT2D eigenvalue weighted by Crippen LogP contribution is 2.29. The third kappa shape index (κ3) is 5.38. The second-order valence-electron chi connectivity index (χ2n) is 6.74. The molecule has 2 rings (SSSR count). The van der Waals surface area contributed by atoms with Crippen LogP contribution in [0.3, 0.4) is 0 Å². The summed E-state index contributed by atoms with van der Waals surface area (Å²) in [5.74, 6) is 0.598. The van der Waals surface area contributed by atoms with E-state index in [2.05, 4.69) is 17.0 Å². The highest BCUT2D eigenvalue weighted by molar-refractivity contribution is 7.89. The Morgan fingerprint density at radius 3 is 2.52 bits per heavy atom. The van der Waals surface area contributed by atoms with Crippen LogP contribution in [-0.4, -0.2) is 37.1 Å². The molecular weight excluding hydrogens is 346 g/mol. The molecule has 140 valence electrons. The lowest BCUT2D eigenvalue weighted by atomic mass is 9.88. The van der Waals surface area contributed by atoms with E-state index in [1.165, 1.54) is 12.1 Å². The number of rotatable bonds is 7. The molecule has 0 spiro atoms. The van der Waals surface area contributed by atoms with Crippen molar-refractivity contribution in [2.75, 3.05) is 11.9 Å². The van der Waals surface area contributed by atoms with Gasteiger partial charge in [-0.15, -0.1) is 0 Å². The van der Waals surface area contributed by atoms with Crippen molar-refractivity contribution in [3.8, 4) is 0 Å². The number of nitrogens with one attached hydrogen (secondary N) is 2. The second kappa shape index (κ2) is 8.11. The molecule has 1 unspecified atom stereocenters. The van der Waals surface area contributed by atoms with E-state index in [9.17, 15) is 23.6 Å². The number of nitrogens with zero attached hydrogens (tertiary/aromatic N) is 1. The first-order valence-corrected chi connectivity index (χ1v) is 9.90. The van der Waals surface area contributed by atoms with E-state index in [-0.39, 0.29) is 28.9 Å². The van der Waals surface area contributed by atoms with Gasteiger partial charge in [0.25, 0.3) is 5.69 Å². The summed E-state index contributed by atoms with van der Waals surface area (Å²) in [5, 5.41) is 23.3. The first-order valence-electron chi connectivity index (χ1n) is 8.41. The molecule has 0 bridgehead atoms. The fraction of sp³-hybridized carbons (Fsp3) is 0.625. The standard InChI is InChI=1S/C16H25N3O5S/c1-11-3-5-13(6-4-11)18-25(23,24)14-7-8-15(17-10-12(2)20)16(9-14)19(21)22/h7-9,11-13,17-18,20H,3-6,10H2,1-2H3. The zero-order chi connectivity index (χ0) is 18.6. The molecule has 0 aliphatic heterocycles. The summed E-state index contributed by atoms with van der Waals surface area (Å²) >= 11 is 0. The lowest BCUT2D eigenvalue weighted by Crippen LogP contribution is -2.37. The van der Waals surface area contributed by atoms with Crippen LogP contribution in [0.4, 0.5) is 11.4 Å². The van der Waals surface area contributed by atoms with Crippen LogP contribution in [0.15, 0.2) is 23.1 Å². The van der Waals surface area contributed by atoms with E-state index in [1.54, 1.807) is 6.92 Å². The summed E-state index contributed by atoms with van der Waals surface area (Å²) in [6.07, 6.45) is 2.80. The Kier molecular flexibility index (Phi) is 6.36. The number of aliphatic hydroxyl groups is 1. The van der Waals surface area contributed by atoms with E-state index in [0.29, 0.717) is 5.92 Å². The third-order valence-electron chi connectivity index (χ3n) is 4.40. The van der Waals surface area contributed by atoms with Gasteiger partial charge in [-0.1, -0.05) is 6.92 Å². The number of sulfonamides is 1. The van der Waals surface area contributed by atoms with Crippen LogP contribution in [0.25, 0.3) is 0 Å². The summed E-state index contributed by atoms with van der Waals surface area (Å²) < 4.78 is 27.7. The van der Waals surface area contributed by atoms with Crippen LogP contribution in [0.2, 0.25) is 0 Å². The summed E-state index contributed by atoms with van der Waals surface area (Å²) in [5.41, 5.74) is -0.155. The number of anilines is 1. The highest BCUT2D eigenvalue weighted by Gasteiger charge is 2.26. The molecule has 25 heavy (non-hydrogen) atoms. The van der Waals surface area contributed by atoms with Gasteiger partial charge in [0.05, 0.1) is 15.9 Å². The number of benzene rings is 1. The molecular formula is C16H25N3O5S. The van der Waals surface area contributed by atoms with Gasteiger partial charge in [0.15, 0.2) is 0 Å². The van der Waals surface area contributed by atoms with Crippen LogP contribution in [0, 0.1) is 16.0 Å². The molecule has 1 saturated carbocycles. The van der Waals surface area contributed by atoms with Crippen LogP contribution in [-0.2, 0) is 10.0 Å². The molecule has 1 aromatic carbocycles. The number of hydrogen-bond donors (Lipinski definition) is 3. The van der Waals surface area contributed by atoms with E-state index in [4.69, 9.17) is 0 Å². The van der Waals surface area contributed by atoms with Crippen molar-refractivity contribution >= 4 is 21.4 Å². The Hall–Kier alpha value is -1.71. The van der Waals surface area contributed by atoms with Gasteiger partial charge in [-0.25, -0.2) is 13.1 Å². The zero-order valence-electron chi connectivity index (χ0n) is 14.4. The molecule has 0 radical (unpaired) electrons. The van der Waals surface area contributed by atoms with Crippen LogP contribution < -0.4 is 10.0 Å². The smallest absolute Gasteiger partial charge is 0.293 e. The lowest BCUT2D eigenvalue weighted by Gasteiger charge is -2.26. The summed E-state index contributed by atoms with van der Waals surface area (Å²) in [6.45, 7) is 3.82. The Bertz CT molecular complexity index is 712. The predicted molar refractivity (Wildman–Crippen MR) is 95.0 cm³/mol. The maximum absolute atomic E-state index is 12.5. The summed E-state index contributed by atoms with van der Waals surface area (Å²) in [6, 6.07) is 3.62. The van der Waals surface area contributed by atoms with Crippen molar-refractivity contribution < 1.29 is 18.4 Å². The topological polar surface area (TPSA) is 122 Å². The first-order chi connectivity index (χ1) is 11.7. The monoisotopic (exact) mass is 371 g/mol. The Balaban J connectivity index is 2.19. The molecule has 0 heterocycles. The van der Waals surface area contributed by atoms with Crippen LogP contribution in [0.5, 0.6) is 0 Å². The van der Waals surface area contributed by atoms with E-state index in [1.807, 2.05) is 0 Å². The number of aliphatic hydroxyl groups excluding tert-OH is 1. The SMILES string of the molecule is CC(O)CNc1ccc(S(=O)(=O)NC2CCC(C)CC2)cc1[N+](=O)[O-]. The fourth-order valence-corrected chi connectivity index (χ4v) is 4.23. The maximum atomic E-state index is 12.5. The van der Waals surface area contributed by atoms with Gasteiger partial charge in [-0.3, -0.25) is 10.1 Å². The third-order valence-corrected chi connectivity index (χ3v) is 5.92. The average Bonchev–Trinajstić information content (AvgIpc) is 2.54. The van der Waals surface area contributed by atoms with Gasteiger partial charge >= 0.3 is 0 Å². The molecule has 8 nitrogen and oxygen atoms in total. The molecule has 1 aliphatic rings. The fourth-order valence-electron chi connectivity index (χ4n) is 2.90. The van der Waals surface area contributed by atoms with Crippen molar-refractivity contribution in [2.24, 2.45) is 5.92 Å². The molecule has 1 aromatic rings. The predicted octanol–water partition coefficient (Wildman–Crippen LogP) is 2.24. The Labute approximate surface area is 147 Å². The zero-order valence-corrected chi connectivity index (χ0v) is 15.3. The minimum Gasteiger partial charge on any atom is -0.392 e. The number of nitro groups is 1. The van der Waals surface area contributed by atoms with Gasteiger partial charge in [0.2, 0.25) is 10.0 Å². The minimum atomic E-state index is -3.81. The van der Waals surface area contributed by atoms with E-state index in [0.717, 1.165) is 31.7 Å². The highest BCUT2D eigenvalue weighted by atomic mass is 32.2. The van der Waals surface area contributed by atoms with Gasteiger partial charge in [0.1, 0.15) is 5.69 Å². The van der Waals surface area contributed by atoms with Gasteiger partial charge in [-0.05, 0) is 50.7 Å². The van der Waals surface area contributed by atoms with Gasteiger partial charge in [-0.2, -0.15) is 0 Å². The van der Waals surface area contributed by atoms with Crippen molar-refractivity contribution in [1.29, 1.82) is 0 Å². The Morgan fingerprint density at radius 2 is 1.96 bits per heavy atom. The normalized spacial score (nSPS) is 22.4. The number of hydrogen-bond acceptors (Lipinski definition) is 6. The van der Waals surface area contributed by atoms with Crippen molar-refractivity contribution in [3.63, 3.8) is 0 Å². The van der Waals surface area contributed by atoms with Gasteiger partial charge in [0, 0.05) is 18.7 Å². The second-order valence-corrected chi connectivity index (χ2v) is 8.46. The minimum absolute atomic E-state index is 0.125.